The van der Waals surface area contributed by atoms with Gasteiger partial charge in [-0.05, 0) is 36.8 Å². The topological polar surface area (TPSA) is 49.3 Å². The minimum absolute atomic E-state index is 0.0847. The van der Waals surface area contributed by atoms with Gasteiger partial charge in [0.1, 0.15) is 0 Å². The molecule has 0 heterocycles. The van der Waals surface area contributed by atoms with Crippen LogP contribution < -0.4 is 15.7 Å². The lowest BCUT2D eigenvalue weighted by Crippen LogP contribution is -2.34. The molecule has 0 aromatic heterocycles. The third-order valence-corrected chi connectivity index (χ3v) is 7.63. The highest BCUT2D eigenvalue weighted by molar-refractivity contribution is 7.76. The Morgan fingerprint density at radius 1 is 0.929 bits per heavy atom. The average Bonchev–Trinajstić information content (AvgIpc) is 2.75. The molecule has 2 atom stereocenters. The Hall–Kier alpha value is -2.45. The second kappa shape index (κ2) is 9.16. The van der Waals surface area contributed by atoms with Gasteiger partial charge in [0.25, 0.3) is 0 Å². The maximum Gasteiger partial charge on any atom is 0.205 e. The summed E-state index contributed by atoms with van der Waals surface area (Å²) in [7, 11) is -3.15. The Labute approximate surface area is 167 Å². The molecule has 0 radical (unpaired) electrons. The minimum Gasteiger partial charge on any atom is -0.396 e. The van der Waals surface area contributed by atoms with Gasteiger partial charge in [-0.2, -0.15) is 0 Å². The van der Waals surface area contributed by atoms with E-state index in [4.69, 9.17) is 0 Å². The van der Waals surface area contributed by atoms with E-state index in [1.54, 1.807) is 6.08 Å². The van der Waals surface area contributed by atoms with Crippen molar-refractivity contribution in [3.63, 3.8) is 0 Å². The highest BCUT2D eigenvalue weighted by Crippen LogP contribution is 2.43. The van der Waals surface area contributed by atoms with Crippen LogP contribution in [0.1, 0.15) is 17.2 Å². The number of benzene rings is 3. The smallest absolute Gasteiger partial charge is 0.205 e. The van der Waals surface area contributed by atoms with Crippen molar-refractivity contribution in [3.05, 3.63) is 109 Å². The van der Waals surface area contributed by atoms with E-state index in [1.165, 1.54) is 0 Å². The number of aryl methyl sites for hydroxylation is 1. The minimum atomic E-state index is -3.15. The average molecular weight is 391 g/mol. The summed E-state index contributed by atoms with van der Waals surface area (Å²) in [5.74, 6) is -0.275. The highest BCUT2D eigenvalue weighted by atomic mass is 31.2. The Balaban J connectivity index is 2.11. The second-order valence-corrected chi connectivity index (χ2v) is 9.39. The molecule has 4 heteroatoms. The molecule has 0 spiro atoms. The molecule has 3 nitrogen and oxygen atoms in total. The number of aliphatic hydroxyl groups is 1. The monoisotopic (exact) mass is 391 g/mol. The summed E-state index contributed by atoms with van der Waals surface area (Å²) >= 11 is 0. The maximum atomic E-state index is 14.4. The Kier molecular flexibility index (Phi) is 6.64. The first-order valence-electron chi connectivity index (χ1n) is 9.37. The fourth-order valence-electron chi connectivity index (χ4n) is 3.28. The first-order valence-corrected chi connectivity index (χ1v) is 11.1. The molecule has 0 aliphatic rings. The van der Waals surface area contributed by atoms with Crippen LogP contribution in [-0.4, -0.2) is 11.7 Å². The quantitative estimate of drug-likeness (QED) is 0.443. The molecule has 3 aromatic carbocycles. The van der Waals surface area contributed by atoms with E-state index in [0.717, 1.165) is 21.7 Å². The molecule has 0 saturated carbocycles. The van der Waals surface area contributed by atoms with Crippen LogP contribution in [-0.2, 0) is 4.57 Å². The van der Waals surface area contributed by atoms with Gasteiger partial charge in [0, 0.05) is 22.6 Å². The summed E-state index contributed by atoms with van der Waals surface area (Å²) in [4.78, 5) is 0. The van der Waals surface area contributed by atoms with Crippen molar-refractivity contribution < 1.29 is 9.67 Å². The van der Waals surface area contributed by atoms with E-state index in [1.807, 2.05) is 91.9 Å². The third-order valence-electron chi connectivity index (χ3n) is 4.94. The van der Waals surface area contributed by atoms with E-state index in [2.05, 4.69) is 11.7 Å². The van der Waals surface area contributed by atoms with Gasteiger partial charge in [-0.15, -0.1) is 6.58 Å². The van der Waals surface area contributed by atoms with Crippen molar-refractivity contribution in [2.24, 2.45) is 5.92 Å². The summed E-state index contributed by atoms with van der Waals surface area (Å²) in [6.07, 6.45) is 1.72. The summed E-state index contributed by atoms with van der Waals surface area (Å²) in [5, 5.41) is 14.8. The lowest BCUT2D eigenvalue weighted by Gasteiger charge is -2.31. The standard InChI is InChI=1S/C24H26NO2P/c1-3-20(18-26)24(21-16-14-19(2)15-17-21)25-28(27,22-10-6-4-7-11-22)23-12-8-5-9-13-23/h3-17,20,24,26H,1,18H2,2H3,(H,25,27). The lowest BCUT2D eigenvalue weighted by molar-refractivity contribution is 0.229. The summed E-state index contributed by atoms with van der Waals surface area (Å²) in [5.41, 5.74) is 2.12. The van der Waals surface area contributed by atoms with Crippen molar-refractivity contribution in [2.75, 3.05) is 6.61 Å². The van der Waals surface area contributed by atoms with Gasteiger partial charge in [0.15, 0.2) is 0 Å². The van der Waals surface area contributed by atoms with E-state index in [9.17, 15) is 9.67 Å². The van der Waals surface area contributed by atoms with Crippen molar-refractivity contribution in [2.45, 2.75) is 13.0 Å². The van der Waals surface area contributed by atoms with E-state index >= 15 is 0 Å². The zero-order chi connectivity index (χ0) is 20.0. The SMILES string of the molecule is C=CC(CO)C(NP(=O)(c1ccccc1)c1ccccc1)c1ccc(C)cc1. The molecular weight excluding hydrogens is 365 g/mol. The summed E-state index contributed by atoms with van der Waals surface area (Å²) < 4.78 is 14.4. The molecule has 0 aliphatic carbocycles. The van der Waals surface area contributed by atoms with Crippen LogP contribution in [0.2, 0.25) is 0 Å². The molecule has 2 unspecified atom stereocenters. The number of hydrogen-bond donors (Lipinski definition) is 2. The second-order valence-electron chi connectivity index (χ2n) is 6.88. The van der Waals surface area contributed by atoms with Gasteiger partial charge < -0.3 is 5.11 Å². The van der Waals surface area contributed by atoms with Crippen LogP contribution in [0.5, 0.6) is 0 Å². The summed E-state index contributed by atoms with van der Waals surface area (Å²) in [6, 6.07) is 26.7. The largest absolute Gasteiger partial charge is 0.396 e. The fourth-order valence-corrected chi connectivity index (χ4v) is 5.79. The molecule has 3 aromatic rings. The first kappa shape index (κ1) is 20.3. The van der Waals surface area contributed by atoms with Gasteiger partial charge in [-0.25, -0.2) is 0 Å². The Morgan fingerprint density at radius 2 is 1.43 bits per heavy atom. The number of hydrogen-bond acceptors (Lipinski definition) is 2. The fraction of sp³-hybridized carbons (Fsp3) is 0.167. The molecule has 0 saturated heterocycles. The third kappa shape index (κ3) is 4.34. The molecule has 3 rings (SSSR count). The van der Waals surface area contributed by atoms with Gasteiger partial charge in [-0.3, -0.25) is 9.65 Å². The Morgan fingerprint density at radius 3 is 1.86 bits per heavy atom. The maximum absolute atomic E-state index is 14.4. The van der Waals surface area contributed by atoms with Crippen LogP contribution >= 0.6 is 7.29 Å². The molecule has 144 valence electrons. The Bertz CT molecular complexity index is 896. The van der Waals surface area contributed by atoms with Crippen molar-refractivity contribution in [3.8, 4) is 0 Å². The van der Waals surface area contributed by atoms with Crippen LogP contribution in [0, 0.1) is 12.8 Å². The van der Waals surface area contributed by atoms with Crippen LogP contribution in [0.3, 0.4) is 0 Å². The molecule has 28 heavy (non-hydrogen) atoms. The van der Waals surface area contributed by atoms with Crippen LogP contribution in [0.25, 0.3) is 0 Å². The number of rotatable bonds is 8. The van der Waals surface area contributed by atoms with Crippen molar-refractivity contribution >= 4 is 17.9 Å². The van der Waals surface area contributed by atoms with Gasteiger partial charge >= 0.3 is 0 Å². The summed E-state index contributed by atoms with van der Waals surface area (Å²) in [6.45, 7) is 5.83. The van der Waals surface area contributed by atoms with E-state index < -0.39 is 7.29 Å². The van der Waals surface area contributed by atoms with Crippen LogP contribution in [0.15, 0.2) is 97.6 Å². The van der Waals surface area contributed by atoms with E-state index in [-0.39, 0.29) is 18.6 Å². The van der Waals surface area contributed by atoms with Gasteiger partial charge in [-0.1, -0.05) is 72.3 Å². The van der Waals surface area contributed by atoms with Gasteiger partial charge in [0.05, 0.1) is 6.61 Å². The van der Waals surface area contributed by atoms with E-state index in [0.29, 0.717) is 0 Å². The molecule has 2 N–H and O–H groups in total. The normalized spacial score (nSPS) is 13.6. The lowest BCUT2D eigenvalue weighted by atomic mass is 9.94. The predicted octanol–water partition coefficient (Wildman–Crippen LogP) is 4.35. The number of aliphatic hydroxyl groups excluding tert-OH is 1. The predicted molar refractivity (Wildman–Crippen MR) is 118 cm³/mol. The highest BCUT2D eigenvalue weighted by Gasteiger charge is 2.33. The van der Waals surface area contributed by atoms with Gasteiger partial charge in [0.2, 0.25) is 7.29 Å². The number of nitrogens with one attached hydrogen (secondary N) is 1. The molecule has 0 aliphatic heterocycles. The first-order chi connectivity index (χ1) is 13.6. The molecule has 0 fully saturated rings. The molecular formula is C24H26NO2P. The molecule has 0 amide bonds. The zero-order valence-corrected chi connectivity index (χ0v) is 16.9. The van der Waals surface area contributed by atoms with Crippen LogP contribution in [0.4, 0.5) is 0 Å². The molecule has 0 bridgehead atoms. The zero-order valence-electron chi connectivity index (χ0n) is 16.0. The van der Waals surface area contributed by atoms with Crippen molar-refractivity contribution in [1.82, 2.24) is 5.09 Å². The van der Waals surface area contributed by atoms with Crippen molar-refractivity contribution in [1.29, 1.82) is 0 Å².